The molecule has 0 aromatic carbocycles. The normalized spacial score (nSPS) is 25.3. The summed E-state index contributed by atoms with van der Waals surface area (Å²) in [4.78, 5) is 12.2. The summed E-state index contributed by atoms with van der Waals surface area (Å²) in [6.45, 7) is 3.65. The van der Waals surface area contributed by atoms with Gasteiger partial charge in [0.2, 0.25) is 5.91 Å². The number of thiocarbonyl (C=S) groups is 1. The molecule has 1 saturated heterocycles. The molecule has 0 spiro atoms. The maximum absolute atomic E-state index is 12.0. The molecule has 1 heterocycles. The van der Waals surface area contributed by atoms with Gasteiger partial charge in [-0.15, -0.1) is 0 Å². The Morgan fingerprint density at radius 1 is 1.56 bits per heavy atom. The molecule has 7 heteroatoms. The summed E-state index contributed by atoms with van der Waals surface area (Å²) in [5.74, 6) is -0.0759. The molecule has 5 nitrogen and oxygen atoms in total. The number of rotatable bonds is 5. The van der Waals surface area contributed by atoms with Gasteiger partial charge in [-0.2, -0.15) is 0 Å². The van der Waals surface area contributed by atoms with E-state index >= 15 is 0 Å². The van der Waals surface area contributed by atoms with Crippen LogP contribution in [0.25, 0.3) is 0 Å². The Balaban J connectivity index is 2.64. The summed E-state index contributed by atoms with van der Waals surface area (Å²) in [5.41, 5.74) is 4.67. The van der Waals surface area contributed by atoms with Crippen molar-refractivity contribution in [1.82, 2.24) is 5.32 Å². The maximum atomic E-state index is 12.0. The third-order valence-corrected chi connectivity index (χ3v) is 6.43. The zero-order chi connectivity index (χ0) is 14.0. The van der Waals surface area contributed by atoms with Crippen LogP contribution >= 0.6 is 12.2 Å². The molecule has 3 N–H and O–H groups in total. The molecule has 18 heavy (non-hydrogen) atoms. The fraction of sp³-hybridized carbons (Fsp3) is 0.818. The highest BCUT2D eigenvalue weighted by Crippen LogP contribution is 2.23. The maximum Gasteiger partial charge on any atom is 0.232 e. The van der Waals surface area contributed by atoms with E-state index in [0.29, 0.717) is 19.3 Å². The minimum absolute atomic E-state index is 0.136. The van der Waals surface area contributed by atoms with Crippen molar-refractivity contribution in [3.05, 3.63) is 0 Å². The van der Waals surface area contributed by atoms with Crippen molar-refractivity contribution < 1.29 is 13.2 Å². The standard InChI is InChI=1S/C11H20N2O3S2/c1-3-11(2,9(12)17)10(14)13-7-8-5-4-6-18(8,15)16/h8H,3-7H2,1-2H3,(H2,12,17)(H,13,14). The van der Waals surface area contributed by atoms with Crippen LogP contribution in [0.3, 0.4) is 0 Å². The van der Waals surface area contributed by atoms with Gasteiger partial charge in [-0.05, 0) is 26.2 Å². The highest BCUT2D eigenvalue weighted by Gasteiger charge is 2.37. The largest absolute Gasteiger partial charge is 0.392 e. The minimum atomic E-state index is -3.03. The van der Waals surface area contributed by atoms with Crippen molar-refractivity contribution in [1.29, 1.82) is 0 Å². The molecule has 0 saturated carbocycles. The Labute approximate surface area is 113 Å². The number of amides is 1. The van der Waals surface area contributed by atoms with Crippen molar-refractivity contribution in [3.8, 4) is 0 Å². The lowest BCUT2D eigenvalue weighted by Crippen LogP contribution is -2.48. The number of carbonyl (C=O) groups is 1. The molecule has 2 unspecified atom stereocenters. The summed E-state index contributed by atoms with van der Waals surface area (Å²) < 4.78 is 23.3. The number of hydrogen-bond acceptors (Lipinski definition) is 4. The molecule has 1 rings (SSSR count). The first-order valence-corrected chi connectivity index (χ1v) is 8.16. The predicted octanol–water partition coefficient (Wildman–Crippen LogP) is 0.382. The van der Waals surface area contributed by atoms with E-state index < -0.39 is 20.5 Å². The van der Waals surface area contributed by atoms with Crippen LogP contribution in [-0.2, 0) is 14.6 Å². The molecule has 2 atom stereocenters. The van der Waals surface area contributed by atoms with Crippen LogP contribution in [0.2, 0.25) is 0 Å². The van der Waals surface area contributed by atoms with Gasteiger partial charge in [-0.3, -0.25) is 4.79 Å². The molecule has 1 aliphatic heterocycles. The lowest BCUT2D eigenvalue weighted by atomic mass is 9.86. The Morgan fingerprint density at radius 3 is 2.56 bits per heavy atom. The van der Waals surface area contributed by atoms with Crippen LogP contribution < -0.4 is 11.1 Å². The van der Waals surface area contributed by atoms with Crippen LogP contribution in [-0.4, -0.2) is 36.9 Å². The number of nitrogens with one attached hydrogen (secondary N) is 1. The smallest absolute Gasteiger partial charge is 0.232 e. The molecule has 1 aliphatic rings. The molecule has 1 amide bonds. The second-order valence-corrected chi connectivity index (χ2v) is 7.73. The van der Waals surface area contributed by atoms with E-state index in [2.05, 4.69) is 5.32 Å². The van der Waals surface area contributed by atoms with Crippen LogP contribution in [0.1, 0.15) is 33.1 Å². The summed E-state index contributed by atoms with van der Waals surface area (Å²) in [6, 6.07) is 0. The quantitative estimate of drug-likeness (QED) is 0.715. The lowest BCUT2D eigenvalue weighted by molar-refractivity contribution is -0.126. The Kier molecular flexibility index (Phi) is 4.72. The Bertz CT molecular complexity index is 447. The average molecular weight is 292 g/mol. The zero-order valence-corrected chi connectivity index (χ0v) is 12.4. The van der Waals surface area contributed by atoms with Crippen LogP contribution in [0.4, 0.5) is 0 Å². The first-order chi connectivity index (χ1) is 8.24. The first-order valence-electron chi connectivity index (χ1n) is 6.04. The van der Waals surface area contributed by atoms with E-state index in [-0.39, 0.29) is 23.2 Å². The summed E-state index contributed by atoms with van der Waals surface area (Å²) in [5, 5.41) is 2.20. The van der Waals surface area contributed by atoms with E-state index in [9.17, 15) is 13.2 Å². The van der Waals surface area contributed by atoms with E-state index in [1.807, 2.05) is 6.92 Å². The van der Waals surface area contributed by atoms with Gasteiger partial charge in [0.15, 0.2) is 9.84 Å². The second-order valence-electron chi connectivity index (χ2n) is 4.89. The molecular weight excluding hydrogens is 272 g/mol. The zero-order valence-electron chi connectivity index (χ0n) is 10.7. The predicted molar refractivity (Wildman–Crippen MR) is 75.0 cm³/mol. The highest BCUT2D eigenvalue weighted by atomic mass is 32.2. The van der Waals surface area contributed by atoms with Crippen LogP contribution in [0, 0.1) is 5.41 Å². The van der Waals surface area contributed by atoms with Crippen molar-refractivity contribution in [3.63, 3.8) is 0 Å². The van der Waals surface area contributed by atoms with Crippen molar-refractivity contribution in [2.24, 2.45) is 11.1 Å². The van der Waals surface area contributed by atoms with Gasteiger partial charge in [0.25, 0.3) is 0 Å². The molecule has 0 aromatic heterocycles. The van der Waals surface area contributed by atoms with Crippen LogP contribution in [0.15, 0.2) is 0 Å². The van der Waals surface area contributed by atoms with Gasteiger partial charge < -0.3 is 11.1 Å². The first kappa shape index (κ1) is 15.4. The molecule has 0 aromatic rings. The van der Waals surface area contributed by atoms with Crippen molar-refractivity contribution in [2.75, 3.05) is 12.3 Å². The topological polar surface area (TPSA) is 89.3 Å². The minimum Gasteiger partial charge on any atom is -0.392 e. The summed E-state index contributed by atoms with van der Waals surface area (Å²) in [7, 11) is -3.03. The average Bonchev–Trinajstić information content (AvgIpc) is 2.63. The number of sulfone groups is 1. The highest BCUT2D eigenvalue weighted by molar-refractivity contribution is 7.92. The van der Waals surface area contributed by atoms with E-state index in [1.54, 1.807) is 6.92 Å². The van der Waals surface area contributed by atoms with Gasteiger partial charge in [0.1, 0.15) is 0 Å². The fourth-order valence-corrected chi connectivity index (χ4v) is 3.94. The summed E-state index contributed by atoms with van der Waals surface area (Å²) in [6.07, 6.45) is 1.77. The van der Waals surface area contributed by atoms with Gasteiger partial charge in [-0.25, -0.2) is 8.42 Å². The van der Waals surface area contributed by atoms with Gasteiger partial charge >= 0.3 is 0 Å². The molecule has 0 bridgehead atoms. The van der Waals surface area contributed by atoms with Gasteiger partial charge in [-0.1, -0.05) is 19.1 Å². The van der Waals surface area contributed by atoms with E-state index in [4.69, 9.17) is 18.0 Å². The van der Waals surface area contributed by atoms with Crippen molar-refractivity contribution >= 4 is 33.0 Å². The third-order valence-electron chi connectivity index (χ3n) is 3.71. The molecule has 0 radical (unpaired) electrons. The molecule has 104 valence electrons. The van der Waals surface area contributed by atoms with Crippen molar-refractivity contribution in [2.45, 2.75) is 38.4 Å². The lowest BCUT2D eigenvalue weighted by Gasteiger charge is -2.26. The van der Waals surface area contributed by atoms with E-state index in [0.717, 1.165) is 0 Å². The van der Waals surface area contributed by atoms with Crippen LogP contribution in [0.5, 0.6) is 0 Å². The summed E-state index contributed by atoms with van der Waals surface area (Å²) >= 11 is 4.90. The molecule has 1 fully saturated rings. The molecular formula is C11H20N2O3S2. The second kappa shape index (κ2) is 5.52. The Hall–Kier alpha value is -0.690. The SMILES string of the molecule is CCC(C)(C(=O)NCC1CCCS1(=O)=O)C(N)=S. The number of carbonyl (C=O) groups excluding carboxylic acids is 1. The van der Waals surface area contributed by atoms with Gasteiger partial charge in [0, 0.05) is 6.54 Å². The number of nitrogens with two attached hydrogens (primary N) is 1. The number of hydrogen-bond donors (Lipinski definition) is 2. The van der Waals surface area contributed by atoms with Gasteiger partial charge in [0.05, 0.1) is 21.4 Å². The third kappa shape index (κ3) is 3.00. The molecule has 0 aliphatic carbocycles. The monoisotopic (exact) mass is 292 g/mol. The fourth-order valence-electron chi connectivity index (χ4n) is 1.94. The Morgan fingerprint density at radius 2 is 2.17 bits per heavy atom. The van der Waals surface area contributed by atoms with E-state index in [1.165, 1.54) is 0 Å².